The third-order valence-corrected chi connectivity index (χ3v) is 9.50. The molecule has 5 nitrogen and oxygen atoms in total. The number of ether oxygens (including phenoxy) is 1. The molecular formula is C16H28O5Si. The maximum atomic E-state index is 11.9. The summed E-state index contributed by atoms with van der Waals surface area (Å²) in [5, 5.41) is 10.4. The van der Waals surface area contributed by atoms with Gasteiger partial charge in [-0.1, -0.05) is 27.2 Å². The van der Waals surface area contributed by atoms with Crippen LogP contribution in [0.3, 0.4) is 0 Å². The Kier molecular flexibility index (Phi) is 5.42. The highest BCUT2D eigenvalue weighted by atomic mass is 28.4. The normalized spacial score (nSPS) is 29.5. The fourth-order valence-corrected chi connectivity index (χ4v) is 4.35. The van der Waals surface area contributed by atoms with Crippen LogP contribution in [0.1, 0.15) is 41.0 Å². The summed E-state index contributed by atoms with van der Waals surface area (Å²) in [6.45, 7) is 13.2. The zero-order chi connectivity index (χ0) is 17.3. The molecule has 1 rings (SSSR count). The van der Waals surface area contributed by atoms with E-state index in [0.29, 0.717) is 0 Å². The summed E-state index contributed by atoms with van der Waals surface area (Å²) >= 11 is 0. The first-order chi connectivity index (χ1) is 9.85. The Labute approximate surface area is 133 Å². The molecule has 1 aliphatic rings. The van der Waals surface area contributed by atoms with Crippen LogP contribution in [0.2, 0.25) is 18.1 Å². The maximum Gasteiger partial charge on any atom is 0.303 e. The summed E-state index contributed by atoms with van der Waals surface area (Å²) in [4.78, 5) is 23.3. The van der Waals surface area contributed by atoms with Crippen molar-refractivity contribution in [2.24, 2.45) is 0 Å². The first-order valence-electron chi connectivity index (χ1n) is 7.65. The molecule has 0 unspecified atom stereocenters. The second-order valence-electron chi connectivity index (χ2n) is 7.23. The Bertz CT molecular complexity index is 479. The number of rotatable bonds is 5. The third-order valence-electron chi connectivity index (χ3n) is 5.03. The summed E-state index contributed by atoms with van der Waals surface area (Å²) in [5.74, 6) is -1.02. The number of esters is 1. The van der Waals surface area contributed by atoms with Gasteiger partial charge in [-0.25, -0.2) is 0 Å². The highest BCUT2D eigenvalue weighted by molar-refractivity contribution is 6.74. The molecule has 0 spiro atoms. The molecule has 126 valence electrons. The predicted octanol–water partition coefficient (Wildman–Crippen LogP) is 2.59. The minimum absolute atomic E-state index is 0.00886. The van der Waals surface area contributed by atoms with E-state index in [4.69, 9.17) is 9.16 Å². The van der Waals surface area contributed by atoms with E-state index in [9.17, 15) is 14.7 Å². The number of aliphatic hydroxyl groups is 1. The van der Waals surface area contributed by atoms with Gasteiger partial charge in [-0.15, -0.1) is 0 Å². The maximum absolute atomic E-state index is 11.9. The van der Waals surface area contributed by atoms with E-state index in [0.717, 1.165) is 6.42 Å². The Morgan fingerprint density at radius 2 is 2.00 bits per heavy atom. The molecule has 0 radical (unpaired) electrons. The number of hydrogen-bond donors (Lipinski definition) is 1. The van der Waals surface area contributed by atoms with E-state index < -0.39 is 37.9 Å². The molecule has 0 aromatic rings. The van der Waals surface area contributed by atoms with Gasteiger partial charge in [-0.2, -0.15) is 0 Å². The second kappa shape index (κ2) is 6.26. The average molecular weight is 328 g/mol. The van der Waals surface area contributed by atoms with E-state index in [1.165, 1.54) is 19.9 Å². The van der Waals surface area contributed by atoms with Crippen molar-refractivity contribution in [2.45, 2.75) is 77.0 Å². The van der Waals surface area contributed by atoms with Gasteiger partial charge >= 0.3 is 5.97 Å². The zero-order valence-electron chi connectivity index (χ0n) is 14.6. The fraction of sp³-hybridized carbons (Fsp3) is 0.750. The molecule has 0 amide bonds. The summed E-state index contributed by atoms with van der Waals surface area (Å²) < 4.78 is 11.5. The van der Waals surface area contributed by atoms with Gasteiger partial charge in [0.15, 0.2) is 25.8 Å². The van der Waals surface area contributed by atoms with Gasteiger partial charge in [-0.3, -0.25) is 9.59 Å². The number of ketones is 1. The van der Waals surface area contributed by atoms with Gasteiger partial charge < -0.3 is 14.3 Å². The van der Waals surface area contributed by atoms with Crippen molar-refractivity contribution < 1.29 is 23.9 Å². The second-order valence-corrected chi connectivity index (χ2v) is 11.8. The van der Waals surface area contributed by atoms with Gasteiger partial charge in [0.2, 0.25) is 0 Å². The van der Waals surface area contributed by atoms with Crippen molar-refractivity contribution in [3.05, 3.63) is 12.2 Å². The SMILES string of the molecule is CCC(C)(C)[Si](C)(C)O[C@H]1C=CC(=O)[C@](C)(O)[C@H]1OC(C)=O. The van der Waals surface area contributed by atoms with Crippen molar-refractivity contribution in [3.63, 3.8) is 0 Å². The van der Waals surface area contributed by atoms with Crippen LogP contribution in [0.4, 0.5) is 0 Å². The van der Waals surface area contributed by atoms with Crippen molar-refractivity contribution in [2.75, 3.05) is 0 Å². The number of hydrogen-bond acceptors (Lipinski definition) is 5. The molecule has 0 bridgehead atoms. The third kappa shape index (κ3) is 3.67. The predicted molar refractivity (Wildman–Crippen MR) is 87.0 cm³/mol. The Morgan fingerprint density at radius 1 is 1.45 bits per heavy atom. The first kappa shape index (κ1) is 19.1. The Hall–Kier alpha value is -0.983. The number of carbonyl (C=O) groups is 2. The molecule has 0 fully saturated rings. The molecule has 0 aromatic carbocycles. The number of carbonyl (C=O) groups excluding carboxylic acids is 2. The van der Waals surface area contributed by atoms with E-state index >= 15 is 0 Å². The van der Waals surface area contributed by atoms with E-state index in [-0.39, 0.29) is 5.04 Å². The highest BCUT2D eigenvalue weighted by Gasteiger charge is 2.51. The van der Waals surface area contributed by atoms with Crippen LogP contribution in [0.25, 0.3) is 0 Å². The van der Waals surface area contributed by atoms with Gasteiger partial charge in [0, 0.05) is 6.92 Å². The summed E-state index contributed by atoms with van der Waals surface area (Å²) in [6, 6.07) is 0. The zero-order valence-corrected chi connectivity index (χ0v) is 15.6. The molecule has 0 saturated carbocycles. The first-order valence-corrected chi connectivity index (χ1v) is 10.6. The monoisotopic (exact) mass is 328 g/mol. The molecule has 22 heavy (non-hydrogen) atoms. The van der Waals surface area contributed by atoms with Gasteiger partial charge in [0.1, 0.15) is 6.10 Å². The topological polar surface area (TPSA) is 72.8 Å². The van der Waals surface area contributed by atoms with Crippen molar-refractivity contribution >= 4 is 20.1 Å². The van der Waals surface area contributed by atoms with E-state index in [1.54, 1.807) is 6.08 Å². The van der Waals surface area contributed by atoms with Crippen LogP contribution in [-0.2, 0) is 18.8 Å². The molecule has 0 heterocycles. The van der Waals surface area contributed by atoms with Gasteiger partial charge in [0.25, 0.3) is 0 Å². The molecule has 1 N–H and O–H groups in total. The molecule has 6 heteroatoms. The summed E-state index contributed by atoms with van der Waals surface area (Å²) in [7, 11) is -2.16. The van der Waals surface area contributed by atoms with E-state index in [2.05, 4.69) is 33.9 Å². The minimum atomic E-state index is -2.16. The molecule has 0 aliphatic heterocycles. The average Bonchev–Trinajstić information content (AvgIpc) is 2.38. The smallest absolute Gasteiger partial charge is 0.303 e. The largest absolute Gasteiger partial charge is 0.456 e. The van der Waals surface area contributed by atoms with E-state index in [1.807, 2.05) is 0 Å². The molecular weight excluding hydrogens is 300 g/mol. The molecule has 3 atom stereocenters. The Morgan fingerprint density at radius 3 is 2.45 bits per heavy atom. The molecule has 0 aromatic heterocycles. The summed E-state index contributed by atoms with van der Waals surface area (Å²) in [6.07, 6.45) is 2.21. The lowest BCUT2D eigenvalue weighted by Crippen LogP contribution is -2.59. The van der Waals surface area contributed by atoms with Crippen molar-refractivity contribution in [1.29, 1.82) is 0 Å². The van der Waals surface area contributed by atoms with Crippen LogP contribution in [0, 0.1) is 0 Å². The van der Waals surface area contributed by atoms with Crippen LogP contribution in [0.15, 0.2) is 12.2 Å². The quantitative estimate of drug-likeness (QED) is 0.620. The standard InChI is InChI=1S/C16H28O5Si/c1-8-15(3,4)22(6,7)21-12-9-10-13(18)16(5,19)14(12)20-11(2)17/h9-10,12,14,19H,8H2,1-7H3/t12-,14-,16-/m0/s1. The van der Waals surface area contributed by atoms with Crippen LogP contribution in [0.5, 0.6) is 0 Å². The van der Waals surface area contributed by atoms with Crippen LogP contribution in [-0.4, -0.2) is 43.0 Å². The lowest BCUT2D eigenvalue weighted by Gasteiger charge is -2.45. The Balaban J connectivity index is 3.12. The van der Waals surface area contributed by atoms with Crippen molar-refractivity contribution in [3.8, 4) is 0 Å². The van der Waals surface area contributed by atoms with Gasteiger partial charge in [0.05, 0.1) is 0 Å². The van der Waals surface area contributed by atoms with Gasteiger partial charge in [-0.05, 0) is 37.2 Å². The van der Waals surface area contributed by atoms with Crippen LogP contribution >= 0.6 is 0 Å². The lowest BCUT2D eigenvalue weighted by molar-refractivity contribution is -0.175. The fourth-order valence-electron chi connectivity index (χ4n) is 2.30. The molecule has 1 aliphatic carbocycles. The minimum Gasteiger partial charge on any atom is -0.456 e. The van der Waals surface area contributed by atoms with Crippen LogP contribution < -0.4 is 0 Å². The lowest BCUT2D eigenvalue weighted by atomic mass is 9.85. The van der Waals surface area contributed by atoms with Crippen molar-refractivity contribution in [1.82, 2.24) is 0 Å². The summed E-state index contributed by atoms with van der Waals surface area (Å²) in [5.41, 5.74) is -1.77. The molecule has 0 saturated heterocycles. The highest BCUT2D eigenvalue weighted by Crippen LogP contribution is 2.42.